The first-order chi connectivity index (χ1) is 10.2. The van der Waals surface area contributed by atoms with Crippen LogP contribution >= 0.6 is 27.3 Å². The van der Waals surface area contributed by atoms with Crippen LogP contribution in [-0.4, -0.2) is 45.8 Å². The van der Waals surface area contributed by atoms with E-state index in [9.17, 15) is 0 Å². The smallest absolute Gasteiger partial charge is 0.185 e. The molecule has 3 rings (SSSR count). The lowest BCUT2D eigenvalue weighted by molar-refractivity contribution is 0.242. The molecule has 0 aromatic carbocycles. The van der Waals surface area contributed by atoms with Gasteiger partial charge >= 0.3 is 0 Å². The lowest BCUT2D eigenvalue weighted by atomic mass is 10.3. The molecule has 1 saturated heterocycles. The van der Waals surface area contributed by atoms with Crippen molar-refractivity contribution in [1.82, 2.24) is 19.7 Å². The molecule has 1 aliphatic heterocycles. The van der Waals surface area contributed by atoms with Gasteiger partial charge in [-0.2, -0.15) is 5.10 Å². The van der Waals surface area contributed by atoms with Crippen LogP contribution in [-0.2, 0) is 13.1 Å². The van der Waals surface area contributed by atoms with E-state index in [0.717, 1.165) is 54.6 Å². The van der Waals surface area contributed by atoms with Gasteiger partial charge in [0.25, 0.3) is 0 Å². The Kier molecular flexibility index (Phi) is 4.61. The maximum absolute atomic E-state index is 4.57. The molecule has 1 fully saturated rings. The van der Waals surface area contributed by atoms with Gasteiger partial charge in [-0.3, -0.25) is 9.58 Å². The van der Waals surface area contributed by atoms with Crippen LogP contribution in [0.3, 0.4) is 0 Å². The highest BCUT2D eigenvalue weighted by atomic mass is 79.9. The van der Waals surface area contributed by atoms with Gasteiger partial charge in [-0.05, 0) is 29.8 Å². The predicted octanol–water partition coefficient (Wildman–Crippen LogP) is 2.75. The van der Waals surface area contributed by atoms with E-state index in [-0.39, 0.29) is 0 Å². The second-order valence-electron chi connectivity index (χ2n) is 5.24. The Morgan fingerprint density at radius 2 is 2.05 bits per heavy atom. The molecule has 7 heteroatoms. The van der Waals surface area contributed by atoms with Crippen LogP contribution in [0.4, 0.5) is 5.13 Å². The van der Waals surface area contributed by atoms with Crippen LogP contribution in [0.1, 0.15) is 18.3 Å². The van der Waals surface area contributed by atoms with E-state index in [4.69, 9.17) is 0 Å². The van der Waals surface area contributed by atoms with Crippen molar-refractivity contribution in [2.24, 2.45) is 0 Å². The quantitative estimate of drug-likeness (QED) is 0.830. The fourth-order valence-corrected chi connectivity index (χ4v) is 3.81. The van der Waals surface area contributed by atoms with E-state index in [1.807, 2.05) is 11.6 Å². The minimum atomic E-state index is 0.918. The van der Waals surface area contributed by atoms with Gasteiger partial charge in [0, 0.05) is 50.8 Å². The SMILES string of the molecule is CCn1nc(C)c(Br)c1CN1CCN(c2nccs2)CC1. The number of piperazine rings is 1. The highest BCUT2D eigenvalue weighted by Gasteiger charge is 2.21. The van der Waals surface area contributed by atoms with Gasteiger partial charge in [0.1, 0.15) is 0 Å². The monoisotopic (exact) mass is 369 g/mol. The first-order valence-electron chi connectivity index (χ1n) is 7.27. The number of nitrogens with zero attached hydrogens (tertiary/aromatic N) is 5. The molecule has 0 bridgehead atoms. The fourth-order valence-electron chi connectivity index (χ4n) is 2.70. The molecule has 0 spiro atoms. The number of aromatic nitrogens is 3. The van der Waals surface area contributed by atoms with Gasteiger partial charge < -0.3 is 4.90 Å². The second kappa shape index (κ2) is 6.46. The average Bonchev–Trinajstić information content (AvgIpc) is 3.12. The van der Waals surface area contributed by atoms with Crippen molar-refractivity contribution in [2.45, 2.75) is 26.9 Å². The zero-order chi connectivity index (χ0) is 14.8. The van der Waals surface area contributed by atoms with Gasteiger partial charge in [-0.15, -0.1) is 11.3 Å². The van der Waals surface area contributed by atoms with E-state index < -0.39 is 0 Å². The maximum atomic E-state index is 4.57. The minimum Gasteiger partial charge on any atom is -0.346 e. The van der Waals surface area contributed by atoms with E-state index in [2.05, 4.69) is 54.3 Å². The molecule has 0 atom stereocenters. The first-order valence-corrected chi connectivity index (χ1v) is 8.95. The summed E-state index contributed by atoms with van der Waals surface area (Å²) in [5.41, 5.74) is 2.37. The Bertz CT molecular complexity index is 587. The summed E-state index contributed by atoms with van der Waals surface area (Å²) in [5, 5.41) is 7.76. The Labute approximate surface area is 137 Å². The molecule has 1 aliphatic rings. The third-order valence-electron chi connectivity index (χ3n) is 3.89. The molecule has 0 N–H and O–H groups in total. The highest BCUT2D eigenvalue weighted by Crippen LogP contribution is 2.24. The molecular weight excluding hydrogens is 350 g/mol. The highest BCUT2D eigenvalue weighted by molar-refractivity contribution is 9.10. The van der Waals surface area contributed by atoms with Gasteiger partial charge in [0.05, 0.1) is 15.9 Å². The minimum absolute atomic E-state index is 0.918. The van der Waals surface area contributed by atoms with E-state index >= 15 is 0 Å². The van der Waals surface area contributed by atoms with Crippen LogP contribution in [0.2, 0.25) is 0 Å². The molecule has 2 aromatic heterocycles. The van der Waals surface area contributed by atoms with Crippen LogP contribution in [0, 0.1) is 6.92 Å². The van der Waals surface area contributed by atoms with Crippen LogP contribution < -0.4 is 4.90 Å². The molecular formula is C14H20BrN5S. The van der Waals surface area contributed by atoms with E-state index in [0.29, 0.717) is 0 Å². The molecule has 2 aromatic rings. The van der Waals surface area contributed by atoms with Gasteiger partial charge in [0.15, 0.2) is 5.13 Å². The Morgan fingerprint density at radius 3 is 2.67 bits per heavy atom. The first kappa shape index (κ1) is 15.0. The number of aryl methyl sites for hydroxylation is 2. The number of rotatable bonds is 4. The molecule has 0 saturated carbocycles. The third-order valence-corrected chi connectivity index (χ3v) is 5.75. The summed E-state index contributed by atoms with van der Waals surface area (Å²) in [4.78, 5) is 9.27. The number of hydrogen-bond donors (Lipinski definition) is 0. The molecule has 0 unspecified atom stereocenters. The molecule has 0 aliphatic carbocycles. The van der Waals surface area contributed by atoms with Crippen molar-refractivity contribution >= 4 is 32.4 Å². The molecule has 5 nitrogen and oxygen atoms in total. The van der Waals surface area contributed by atoms with Gasteiger partial charge in [-0.1, -0.05) is 0 Å². The second-order valence-corrected chi connectivity index (χ2v) is 6.91. The normalized spacial score (nSPS) is 16.6. The molecule has 0 radical (unpaired) electrons. The molecule has 114 valence electrons. The lowest BCUT2D eigenvalue weighted by Gasteiger charge is -2.34. The van der Waals surface area contributed by atoms with Gasteiger partial charge in [-0.25, -0.2) is 4.98 Å². The fraction of sp³-hybridized carbons (Fsp3) is 0.571. The average molecular weight is 370 g/mol. The third kappa shape index (κ3) is 3.14. The molecule has 3 heterocycles. The van der Waals surface area contributed by atoms with Crippen LogP contribution in [0.15, 0.2) is 16.0 Å². The lowest BCUT2D eigenvalue weighted by Crippen LogP contribution is -2.46. The van der Waals surface area contributed by atoms with Crippen molar-refractivity contribution in [3.05, 3.63) is 27.4 Å². The summed E-state index contributed by atoms with van der Waals surface area (Å²) in [6.45, 7) is 10.3. The zero-order valence-electron chi connectivity index (χ0n) is 12.4. The van der Waals surface area contributed by atoms with Crippen molar-refractivity contribution in [1.29, 1.82) is 0 Å². The summed E-state index contributed by atoms with van der Waals surface area (Å²) in [5.74, 6) is 0. The Hall–Kier alpha value is -0.920. The van der Waals surface area contributed by atoms with Gasteiger partial charge in [0.2, 0.25) is 0 Å². The van der Waals surface area contributed by atoms with E-state index in [1.165, 1.54) is 5.69 Å². The van der Waals surface area contributed by atoms with Crippen molar-refractivity contribution < 1.29 is 0 Å². The molecule has 21 heavy (non-hydrogen) atoms. The standard InChI is InChI=1S/C14H20BrN5S/c1-3-20-12(13(15)11(2)17-20)10-18-5-7-19(8-6-18)14-16-4-9-21-14/h4,9H,3,5-8,10H2,1-2H3. The van der Waals surface area contributed by atoms with Crippen molar-refractivity contribution in [3.63, 3.8) is 0 Å². The summed E-state index contributed by atoms with van der Waals surface area (Å²) >= 11 is 5.40. The summed E-state index contributed by atoms with van der Waals surface area (Å²) in [6, 6.07) is 0. The predicted molar refractivity (Wildman–Crippen MR) is 89.9 cm³/mol. The number of hydrogen-bond acceptors (Lipinski definition) is 5. The van der Waals surface area contributed by atoms with Crippen LogP contribution in [0.5, 0.6) is 0 Å². The zero-order valence-corrected chi connectivity index (χ0v) is 14.8. The Morgan fingerprint density at radius 1 is 1.29 bits per heavy atom. The summed E-state index contributed by atoms with van der Waals surface area (Å²) < 4.78 is 3.26. The number of anilines is 1. The largest absolute Gasteiger partial charge is 0.346 e. The number of halogens is 1. The van der Waals surface area contributed by atoms with E-state index in [1.54, 1.807) is 11.3 Å². The molecule has 0 amide bonds. The summed E-state index contributed by atoms with van der Waals surface area (Å²) in [7, 11) is 0. The topological polar surface area (TPSA) is 37.2 Å². The Balaban J connectivity index is 1.63. The maximum Gasteiger partial charge on any atom is 0.185 e. The van der Waals surface area contributed by atoms with Crippen molar-refractivity contribution in [2.75, 3.05) is 31.1 Å². The summed E-state index contributed by atoms with van der Waals surface area (Å²) in [6.07, 6.45) is 1.88. The van der Waals surface area contributed by atoms with Crippen LogP contribution in [0.25, 0.3) is 0 Å². The number of thiazole rings is 1. The van der Waals surface area contributed by atoms with Crippen molar-refractivity contribution in [3.8, 4) is 0 Å².